The van der Waals surface area contributed by atoms with Gasteiger partial charge >= 0.3 is 0 Å². The predicted molar refractivity (Wildman–Crippen MR) is 106 cm³/mol. The van der Waals surface area contributed by atoms with Gasteiger partial charge in [-0.2, -0.15) is 11.3 Å². The van der Waals surface area contributed by atoms with Crippen LogP contribution in [0.15, 0.2) is 27.6 Å². The molecule has 0 aromatic carbocycles. The van der Waals surface area contributed by atoms with Gasteiger partial charge in [0, 0.05) is 41.3 Å². The number of aromatic nitrogens is 2. The van der Waals surface area contributed by atoms with E-state index in [1.165, 1.54) is 11.3 Å². The second kappa shape index (κ2) is 8.36. The second-order valence-corrected chi connectivity index (χ2v) is 8.41. The zero-order valence-corrected chi connectivity index (χ0v) is 16.5. The van der Waals surface area contributed by atoms with Crippen molar-refractivity contribution in [2.24, 2.45) is 0 Å². The monoisotopic (exact) mass is 406 g/mol. The molecule has 3 aromatic heterocycles. The van der Waals surface area contributed by atoms with Crippen LogP contribution in [-0.4, -0.2) is 47.1 Å². The molecule has 26 heavy (non-hydrogen) atoms. The first-order valence-electron chi connectivity index (χ1n) is 8.27. The maximum Gasteiger partial charge on any atom is 0.232 e. The molecule has 0 radical (unpaired) electrons. The standard InChI is InChI=1S/C17H18N4O2S3/c22-15(7-13-10-25-16(18-13)12-1-6-24-9-12)20-17-19-14(11-26-17)8-21-2-4-23-5-3-21/h1,6,9-11H,2-5,7-8H2,(H,19,20,22). The van der Waals surface area contributed by atoms with Gasteiger partial charge in [0.05, 0.1) is 31.0 Å². The summed E-state index contributed by atoms with van der Waals surface area (Å²) in [6.45, 7) is 4.19. The third-order valence-electron chi connectivity index (χ3n) is 3.95. The van der Waals surface area contributed by atoms with Crippen molar-refractivity contribution < 1.29 is 9.53 Å². The van der Waals surface area contributed by atoms with Crippen molar-refractivity contribution in [2.75, 3.05) is 31.6 Å². The van der Waals surface area contributed by atoms with Crippen LogP contribution in [0.2, 0.25) is 0 Å². The second-order valence-electron chi connectivity index (χ2n) is 5.91. The highest BCUT2D eigenvalue weighted by Gasteiger charge is 2.14. The zero-order chi connectivity index (χ0) is 17.8. The Morgan fingerprint density at radius 2 is 2.00 bits per heavy atom. The molecule has 0 bridgehead atoms. The molecule has 0 spiro atoms. The Bertz CT molecular complexity index is 853. The van der Waals surface area contributed by atoms with Crippen LogP contribution in [0.4, 0.5) is 5.13 Å². The first-order chi connectivity index (χ1) is 12.8. The number of carbonyl (C=O) groups excluding carboxylic acids is 1. The summed E-state index contributed by atoms with van der Waals surface area (Å²) in [4.78, 5) is 23.6. The molecule has 1 saturated heterocycles. The molecule has 1 N–H and O–H groups in total. The maximum absolute atomic E-state index is 12.3. The molecular formula is C17H18N4O2S3. The van der Waals surface area contributed by atoms with Gasteiger partial charge in [-0.1, -0.05) is 0 Å². The van der Waals surface area contributed by atoms with E-state index in [0.29, 0.717) is 5.13 Å². The van der Waals surface area contributed by atoms with E-state index in [0.717, 1.165) is 54.8 Å². The number of morpholine rings is 1. The number of rotatable bonds is 6. The van der Waals surface area contributed by atoms with Crippen LogP contribution < -0.4 is 5.32 Å². The third-order valence-corrected chi connectivity index (χ3v) is 6.38. The molecule has 0 saturated carbocycles. The van der Waals surface area contributed by atoms with Crippen molar-refractivity contribution in [2.45, 2.75) is 13.0 Å². The molecule has 9 heteroatoms. The van der Waals surface area contributed by atoms with Gasteiger partial charge in [-0.25, -0.2) is 9.97 Å². The van der Waals surface area contributed by atoms with E-state index in [1.54, 1.807) is 22.7 Å². The van der Waals surface area contributed by atoms with Gasteiger partial charge in [0.1, 0.15) is 5.01 Å². The summed E-state index contributed by atoms with van der Waals surface area (Å²) in [7, 11) is 0. The molecule has 1 aliphatic rings. The van der Waals surface area contributed by atoms with Crippen LogP contribution in [0.5, 0.6) is 0 Å². The Kier molecular flexibility index (Phi) is 5.71. The lowest BCUT2D eigenvalue weighted by atomic mass is 10.3. The summed E-state index contributed by atoms with van der Waals surface area (Å²) in [6, 6.07) is 2.04. The van der Waals surface area contributed by atoms with Crippen molar-refractivity contribution >= 4 is 45.0 Å². The highest BCUT2D eigenvalue weighted by molar-refractivity contribution is 7.14. The van der Waals surface area contributed by atoms with E-state index in [2.05, 4.69) is 25.6 Å². The van der Waals surface area contributed by atoms with Crippen LogP contribution in [0, 0.1) is 0 Å². The summed E-state index contributed by atoms with van der Waals surface area (Å²) in [5, 5.41) is 12.5. The Morgan fingerprint density at radius 1 is 1.15 bits per heavy atom. The average Bonchev–Trinajstić information content (AvgIpc) is 3.37. The number of anilines is 1. The number of nitrogens with zero attached hydrogens (tertiary/aromatic N) is 3. The minimum atomic E-state index is -0.0839. The summed E-state index contributed by atoms with van der Waals surface area (Å²) in [6.07, 6.45) is 0.263. The van der Waals surface area contributed by atoms with E-state index < -0.39 is 0 Å². The summed E-state index contributed by atoms with van der Waals surface area (Å²) in [5.41, 5.74) is 2.89. The topological polar surface area (TPSA) is 67.4 Å². The first-order valence-corrected chi connectivity index (χ1v) is 11.0. The zero-order valence-electron chi connectivity index (χ0n) is 14.0. The number of ether oxygens (including phenoxy) is 1. The van der Waals surface area contributed by atoms with Gasteiger partial charge in [-0.3, -0.25) is 9.69 Å². The number of carbonyl (C=O) groups is 1. The fourth-order valence-electron chi connectivity index (χ4n) is 2.66. The van der Waals surface area contributed by atoms with Crippen LogP contribution in [0.3, 0.4) is 0 Å². The molecule has 136 valence electrons. The molecular weight excluding hydrogens is 388 g/mol. The fraction of sp³-hybridized carbons (Fsp3) is 0.353. The highest BCUT2D eigenvalue weighted by atomic mass is 32.1. The lowest BCUT2D eigenvalue weighted by molar-refractivity contribution is -0.115. The van der Waals surface area contributed by atoms with Crippen molar-refractivity contribution in [1.82, 2.24) is 14.9 Å². The van der Waals surface area contributed by atoms with Gasteiger partial charge in [-0.15, -0.1) is 22.7 Å². The smallest absolute Gasteiger partial charge is 0.232 e. The van der Waals surface area contributed by atoms with Gasteiger partial charge in [-0.05, 0) is 11.4 Å². The van der Waals surface area contributed by atoms with E-state index in [-0.39, 0.29) is 12.3 Å². The van der Waals surface area contributed by atoms with Crippen LogP contribution in [-0.2, 0) is 22.5 Å². The molecule has 1 amide bonds. The summed E-state index contributed by atoms with van der Waals surface area (Å²) >= 11 is 4.67. The van der Waals surface area contributed by atoms with Crippen molar-refractivity contribution in [1.29, 1.82) is 0 Å². The Balaban J connectivity index is 1.31. The van der Waals surface area contributed by atoms with Crippen LogP contribution in [0.1, 0.15) is 11.4 Å². The molecule has 1 aliphatic heterocycles. The number of hydrogen-bond acceptors (Lipinski definition) is 8. The highest BCUT2D eigenvalue weighted by Crippen LogP contribution is 2.26. The maximum atomic E-state index is 12.3. The van der Waals surface area contributed by atoms with E-state index >= 15 is 0 Å². The quantitative estimate of drug-likeness (QED) is 0.680. The lowest BCUT2D eigenvalue weighted by Gasteiger charge is -2.25. The predicted octanol–water partition coefficient (Wildman–Crippen LogP) is 3.34. The SMILES string of the molecule is O=C(Cc1csc(-c2ccsc2)n1)Nc1nc(CN2CCOCC2)cs1. The Labute approximate surface area is 163 Å². The molecule has 1 fully saturated rings. The number of thiazole rings is 2. The lowest BCUT2D eigenvalue weighted by Crippen LogP contribution is -2.35. The van der Waals surface area contributed by atoms with Gasteiger partial charge in [0.25, 0.3) is 0 Å². The Morgan fingerprint density at radius 3 is 2.81 bits per heavy atom. The van der Waals surface area contributed by atoms with Crippen LogP contribution in [0.25, 0.3) is 10.6 Å². The van der Waals surface area contributed by atoms with Crippen molar-refractivity contribution in [3.8, 4) is 10.6 Å². The Hall–Kier alpha value is -1.65. The third kappa shape index (κ3) is 4.54. The average molecular weight is 407 g/mol. The first kappa shape index (κ1) is 17.7. The van der Waals surface area contributed by atoms with Crippen LogP contribution >= 0.6 is 34.0 Å². The van der Waals surface area contributed by atoms with Crippen molar-refractivity contribution in [3.05, 3.63) is 39.0 Å². The van der Waals surface area contributed by atoms with E-state index in [4.69, 9.17) is 4.74 Å². The molecule has 4 heterocycles. The molecule has 3 aromatic rings. The van der Waals surface area contributed by atoms with E-state index in [1.807, 2.05) is 22.2 Å². The normalized spacial score (nSPS) is 15.2. The molecule has 6 nitrogen and oxygen atoms in total. The summed E-state index contributed by atoms with van der Waals surface area (Å²) in [5.74, 6) is -0.0839. The number of nitrogens with one attached hydrogen (secondary N) is 1. The molecule has 4 rings (SSSR count). The minimum Gasteiger partial charge on any atom is -0.379 e. The molecule has 0 unspecified atom stereocenters. The molecule has 0 aliphatic carbocycles. The fourth-order valence-corrected chi connectivity index (χ4v) is 4.91. The number of thiophene rings is 1. The minimum absolute atomic E-state index is 0.0839. The van der Waals surface area contributed by atoms with Gasteiger partial charge < -0.3 is 10.1 Å². The van der Waals surface area contributed by atoms with Gasteiger partial charge in [0.15, 0.2) is 5.13 Å². The van der Waals surface area contributed by atoms with Crippen molar-refractivity contribution in [3.63, 3.8) is 0 Å². The summed E-state index contributed by atoms with van der Waals surface area (Å²) < 4.78 is 5.36. The molecule has 0 atom stereocenters. The number of hydrogen-bond donors (Lipinski definition) is 1. The van der Waals surface area contributed by atoms with Gasteiger partial charge in [0.2, 0.25) is 5.91 Å². The number of amides is 1. The largest absolute Gasteiger partial charge is 0.379 e. The van der Waals surface area contributed by atoms with E-state index in [9.17, 15) is 4.79 Å².